The first kappa shape index (κ1) is 18.1. The molecule has 0 aromatic heterocycles. The molecule has 1 aromatic carbocycles. The Kier molecular flexibility index (Phi) is 5.52. The third kappa shape index (κ3) is 3.92. The van der Waals surface area contributed by atoms with Gasteiger partial charge >= 0.3 is 0 Å². The smallest absolute Gasteiger partial charge is 0.111 e. The molecule has 2 aliphatic rings. The fraction of sp³-hybridized carbons (Fsp3) is 0.500. The molecule has 1 fully saturated rings. The molecule has 1 aromatic rings. The van der Waals surface area contributed by atoms with Gasteiger partial charge in [-0.15, -0.1) is 0 Å². The standard InChI is InChI=1S/C18H23BrN4O2/c1-22(2)11-13(10-20)18(24)16-7-12-8-17(14(19)9-15(12)21-16)23-3-5-25-6-4-23/h8-9,11,16,18,21,24H,3-7H2,1-2H3. The first-order valence-corrected chi connectivity index (χ1v) is 9.17. The summed E-state index contributed by atoms with van der Waals surface area (Å²) < 4.78 is 6.46. The Labute approximate surface area is 156 Å². The molecule has 1 saturated heterocycles. The van der Waals surface area contributed by atoms with E-state index in [9.17, 15) is 10.4 Å². The van der Waals surface area contributed by atoms with Gasteiger partial charge in [0.1, 0.15) is 6.10 Å². The molecule has 0 spiro atoms. The van der Waals surface area contributed by atoms with Gasteiger partial charge in [-0.1, -0.05) is 0 Å². The number of aliphatic hydroxyl groups excluding tert-OH is 1. The number of hydrogen-bond donors (Lipinski definition) is 2. The highest BCUT2D eigenvalue weighted by atomic mass is 79.9. The van der Waals surface area contributed by atoms with Crippen LogP contribution in [0.1, 0.15) is 5.56 Å². The monoisotopic (exact) mass is 406 g/mol. The summed E-state index contributed by atoms with van der Waals surface area (Å²) in [6, 6.07) is 6.14. The van der Waals surface area contributed by atoms with E-state index in [1.165, 1.54) is 0 Å². The molecule has 2 atom stereocenters. The van der Waals surface area contributed by atoms with Gasteiger partial charge in [0, 0.05) is 43.5 Å². The van der Waals surface area contributed by atoms with Gasteiger partial charge in [-0.25, -0.2) is 0 Å². The fourth-order valence-electron chi connectivity index (χ4n) is 3.30. The van der Waals surface area contributed by atoms with Crippen molar-refractivity contribution in [3.63, 3.8) is 0 Å². The van der Waals surface area contributed by atoms with Gasteiger partial charge in [-0.2, -0.15) is 5.26 Å². The molecular weight excluding hydrogens is 384 g/mol. The Balaban J connectivity index is 1.79. The zero-order valence-corrected chi connectivity index (χ0v) is 16.1. The number of anilines is 2. The lowest BCUT2D eigenvalue weighted by Crippen LogP contribution is -2.36. The van der Waals surface area contributed by atoms with E-state index < -0.39 is 6.10 Å². The molecule has 134 valence electrons. The minimum atomic E-state index is -0.842. The van der Waals surface area contributed by atoms with Gasteiger partial charge in [0.15, 0.2) is 0 Å². The van der Waals surface area contributed by atoms with Crippen molar-refractivity contribution >= 4 is 27.3 Å². The van der Waals surface area contributed by atoms with Gasteiger partial charge in [-0.05, 0) is 40.0 Å². The van der Waals surface area contributed by atoms with Gasteiger partial charge in [0.25, 0.3) is 0 Å². The second-order valence-corrected chi connectivity index (χ2v) is 7.47. The lowest BCUT2D eigenvalue weighted by Gasteiger charge is -2.30. The summed E-state index contributed by atoms with van der Waals surface area (Å²) in [7, 11) is 3.68. The normalized spacial score (nSPS) is 21.3. The predicted octanol–water partition coefficient (Wildman–Crippen LogP) is 1.95. The molecule has 0 saturated carbocycles. The van der Waals surface area contributed by atoms with E-state index in [1.54, 1.807) is 11.1 Å². The van der Waals surface area contributed by atoms with E-state index in [2.05, 4.69) is 44.3 Å². The van der Waals surface area contributed by atoms with E-state index in [0.717, 1.165) is 47.7 Å². The molecule has 6 nitrogen and oxygen atoms in total. The summed E-state index contributed by atoms with van der Waals surface area (Å²) in [5, 5.41) is 23.3. The molecular formula is C18H23BrN4O2. The van der Waals surface area contributed by atoms with Crippen molar-refractivity contribution < 1.29 is 9.84 Å². The number of nitrogens with one attached hydrogen (secondary N) is 1. The van der Waals surface area contributed by atoms with E-state index in [0.29, 0.717) is 12.0 Å². The highest BCUT2D eigenvalue weighted by molar-refractivity contribution is 9.10. The van der Waals surface area contributed by atoms with Gasteiger partial charge in [0.05, 0.1) is 36.6 Å². The second kappa shape index (κ2) is 7.65. The largest absolute Gasteiger partial charge is 0.385 e. The summed E-state index contributed by atoms with van der Waals surface area (Å²) in [6.07, 6.45) is 1.52. The second-order valence-electron chi connectivity index (χ2n) is 6.62. The number of fused-ring (bicyclic) bond motifs is 1. The number of ether oxygens (including phenoxy) is 1. The molecule has 2 unspecified atom stereocenters. The summed E-state index contributed by atoms with van der Waals surface area (Å²) in [5.74, 6) is 0. The van der Waals surface area contributed by atoms with Crippen LogP contribution in [0.25, 0.3) is 0 Å². The lowest BCUT2D eigenvalue weighted by molar-refractivity contribution is 0.122. The van der Waals surface area contributed by atoms with E-state index in [-0.39, 0.29) is 6.04 Å². The van der Waals surface area contributed by atoms with E-state index in [4.69, 9.17) is 4.74 Å². The quantitative estimate of drug-likeness (QED) is 0.744. The zero-order valence-electron chi connectivity index (χ0n) is 14.5. The summed E-state index contributed by atoms with van der Waals surface area (Å²) >= 11 is 3.66. The molecule has 0 radical (unpaired) electrons. The molecule has 25 heavy (non-hydrogen) atoms. The molecule has 3 rings (SSSR count). The average Bonchev–Trinajstić information content (AvgIpc) is 3.01. The van der Waals surface area contributed by atoms with Crippen molar-refractivity contribution in [3.8, 4) is 6.07 Å². The minimum Gasteiger partial charge on any atom is -0.385 e. The first-order chi connectivity index (χ1) is 12.0. The van der Waals surface area contributed by atoms with Gasteiger partial charge in [0.2, 0.25) is 0 Å². The molecule has 0 amide bonds. The van der Waals surface area contributed by atoms with Crippen LogP contribution in [0, 0.1) is 11.3 Å². The maximum absolute atomic E-state index is 10.6. The van der Waals surface area contributed by atoms with Crippen molar-refractivity contribution in [3.05, 3.63) is 33.9 Å². The van der Waals surface area contributed by atoms with Crippen molar-refractivity contribution in [1.29, 1.82) is 5.26 Å². The maximum Gasteiger partial charge on any atom is 0.111 e. The van der Waals surface area contributed by atoms with E-state index in [1.807, 2.05) is 14.1 Å². The molecule has 2 N–H and O–H groups in total. The van der Waals surface area contributed by atoms with Crippen molar-refractivity contribution in [2.24, 2.45) is 0 Å². The maximum atomic E-state index is 10.6. The van der Waals surface area contributed by atoms with Crippen LogP contribution < -0.4 is 10.2 Å². The Bertz CT molecular complexity index is 708. The van der Waals surface area contributed by atoms with Crippen LogP contribution in [0.5, 0.6) is 0 Å². The van der Waals surface area contributed by atoms with Crippen LogP contribution >= 0.6 is 15.9 Å². The zero-order chi connectivity index (χ0) is 18.0. The Morgan fingerprint density at radius 1 is 1.48 bits per heavy atom. The predicted molar refractivity (Wildman–Crippen MR) is 102 cm³/mol. The van der Waals surface area contributed by atoms with Crippen molar-refractivity contribution in [1.82, 2.24) is 4.90 Å². The van der Waals surface area contributed by atoms with Crippen LogP contribution in [0.3, 0.4) is 0 Å². The third-order valence-corrected chi connectivity index (χ3v) is 5.17. The van der Waals surface area contributed by atoms with Crippen LogP contribution in [0.2, 0.25) is 0 Å². The van der Waals surface area contributed by atoms with Crippen LogP contribution in [-0.4, -0.2) is 62.6 Å². The summed E-state index contributed by atoms with van der Waals surface area (Å²) in [4.78, 5) is 4.08. The summed E-state index contributed by atoms with van der Waals surface area (Å²) in [5.41, 5.74) is 3.69. The van der Waals surface area contributed by atoms with Crippen molar-refractivity contribution in [2.45, 2.75) is 18.6 Å². The first-order valence-electron chi connectivity index (χ1n) is 8.37. The lowest BCUT2D eigenvalue weighted by atomic mass is 10.0. The number of morpholine rings is 1. The Morgan fingerprint density at radius 3 is 2.84 bits per heavy atom. The molecule has 7 heteroatoms. The highest BCUT2D eigenvalue weighted by Crippen LogP contribution is 2.37. The van der Waals surface area contributed by atoms with E-state index >= 15 is 0 Å². The minimum absolute atomic E-state index is 0.201. The number of nitriles is 1. The Hall–Kier alpha value is -1.75. The molecule has 2 heterocycles. The topological polar surface area (TPSA) is 71.8 Å². The molecule has 0 aliphatic carbocycles. The number of aliphatic hydroxyl groups is 1. The van der Waals surface area contributed by atoms with Crippen LogP contribution in [0.15, 0.2) is 28.4 Å². The number of rotatable bonds is 4. The summed E-state index contributed by atoms with van der Waals surface area (Å²) in [6.45, 7) is 3.23. The SMILES string of the molecule is CN(C)C=C(C#N)C(O)C1Cc2cc(N3CCOCC3)c(Br)cc2N1. The molecule has 0 bridgehead atoms. The van der Waals surface area contributed by atoms with Crippen molar-refractivity contribution in [2.75, 3.05) is 50.6 Å². The highest BCUT2D eigenvalue weighted by Gasteiger charge is 2.31. The fourth-order valence-corrected chi connectivity index (χ4v) is 3.89. The number of hydrogen-bond acceptors (Lipinski definition) is 6. The number of benzene rings is 1. The Morgan fingerprint density at radius 2 is 2.20 bits per heavy atom. The number of halogens is 1. The van der Waals surface area contributed by atoms with Crippen LogP contribution in [-0.2, 0) is 11.2 Å². The van der Waals surface area contributed by atoms with Crippen LogP contribution in [0.4, 0.5) is 11.4 Å². The van der Waals surface area contributed by atoms with Gasteiger partial charge < -0.3 is 25.0 Å². The average molecular weight is 407 g/mol. The molecule has 2 aliphatic heterocycles. The third-order valence-electron chi connectivity index (χ3n) is 4.53. The number of nitrogens with zero attached hydrogens (tertiary/aromatic N) is 3. The van der Waals surface area contributed by atoms with Gasteiger partial charge in [-0.3, -0.25) is 0 Å².